The molecule has 1 unspecified atom stereocenters. The molecule has 0 saturated carbocycles. The van der Waals surface area contributed by atoms with Gasteiger partial charge in [0.05, 0.1) is 6.54 Å². The van der Waals surface area contributed by atoms with Gasteiger partial charge in [0.1, 0.15) is 5.54 Å². The molecule has 1 fully saturated rings. The summed E-state index contributed by atoms with van der Waals surface area (Å²) < 4.78 is 0. The van der Waals surface area contributed by atoms with E-state index in [0.29, 0.717) is 25.4 Å². The summed E-state index contributed by atoms with van der Waals surface area (Å²) in [6.07, 6.45) is 0.680. The molecular formula is C25H33N5O2. The van der Waals surface area contributed by atoms with Gasteiger partial charge in [-0.3, -0.25) is 15.1 Å². The van der Waals surface area contributed by atoms with Crippen LogP contribution in [-0.4, -0.2) is 28.3 Å². The van der Waals surface area contributed by atoms with Crippen molar-refractivity contribution in [2.45, 2.75) is 59.7 Å². The third kappa shape index (κ3) is 5.28. The van der Waals surface area contributed by atoms with Crippen molar-refractivity contribution in [3.63, 3.8) is 0 Å². The molecule has 0 aliphatic carbocycles. The number of hydrogen-bond acceptors (Lipinski definition) is 3. The second-order valence-electron chi connectivity index (χ2n) is 9.19. The third-order valence-electron chi connectivity index (χ3n) is 5.73. The lowest BCUT2D eigenvalue weighted by Crippen LogP contribution is -2.44. The molecule has 1 aliphatic rings. The van der Waals surface area contributed by atoms with E-state index >= 15 is 0 Å². The number of amides is 3. The van der Waals surface area contributed by atoms with Gasteiger partial charge in [-0.25, -0.2) is 4.79 Å². The van der Waals surface area contributed by atoms with Crippen LogP contribution in [0.2, 0.25) is 0 Å². The Morgan fingerprint density at radius 2 is 1.69 bits per heavy atom. The molecule has 0 radical (unpaired) electrons. The zero-order chi connectivity index (χ0) is 23.5. The van der Waals surface area contributed by atoms with E-state index in [4.69, 9.17) is 5.41 Å². The van der Waals surface area contributed by atoms with Gasteiger partial charge in [0.2, 0.25) is 0 Å². The number of para-hydroxylation sites is 1. The van der Waals surface area contributed by atoms with Crippen molar-refractivity contribution >= 4 is 23.6 Å². The Morgan fingerprint density at radius 1 is 1.09 bits per heavy atom. The van der Waals surface area contributed by atoms with Crippen LogP contribution in [-0.2, 0) is 17.9 Å². The monoisotopic (exact) mass is 435 g/mol. The lowest BCUT2D eigenvalue weighted by atomic mass is 9.91. The van der Waals surface area contributed by atoms with Crippen molar-refractivity contribution in [2.75, 3.05) is 5.32 Å². The number of benzene rings is 2. The fourth-order valence-electron chi connectivity index (χ4n) is 4.18. The number of hydrogen-bond donors (Lipinski definition) is 4. The van der Waals surface area contributed by atoms with Gasteiger partial charge in [0, 0.05) is 12.2 Å². The fraction of sp³-hybridized carbons (Fsp3) is 0.400. The molecule has 1 saturated heterocycles. The average molecular weight is 436 g/mol. The maximum Gasteiger partial charge on any atom is 0.319 e. The molecule has 0 aromatic heterocycles. The van der Waals surface area contributed by atoms with E-state index in [2.05, 4.69) is 29.8 Å². The highest BCUT2D eigenvalue weighted by atomic mass is 16.2. The van der Waals surface area contributed by atoms with E-state index in [1.165, 1.54) is 4.90 Å². The van der Waals surface area contributed by atoms with Crippen molar-refractivity contribution in [3.05, 3.63) is 64.7 Å². The molecule has 7 heteroatoms. The first kappa shape index (κ1) is 23.3. The third-order valence-corrected chi connectivity index (χ3v) is 5.73. The first-order valence-electron chi connectivity index (χ1n) is 11.0. The molecule has 4 N–H and O–H groups in total. The number of carbonyl (C=O) groups is 2. The summed E-state index contributed by atoms with van der Waals surface area (Å²) in [5, 5.41) is 17.1. The predicted octanol–water partition coefficient (Wildman–Crippen LogP) is 4.30. The highest BCUT2D eigenvalue weighted by Crippen LogP contribution is 2.26. The molecule has 3 rings (SSSR count). The summed E-state index contributed by atoms with van der Waals surface area (Å²) in [4.78, 5) is 26.7. The van der Waals surface area contributed by atoms with Gasteiger partial charge in [-0.1, -0.05) is 56.3 Å². The van der Waals surface area contributed by atoms with E-state index in [9.17, 15) is 9.59 Å². The molecule has 0 bridgehead atoms. The minimum Gasteiger partial charge on any atom is -0.342 e. The first-order chi connectivity index (χ1) is 15.1. The van der Waals surface area contributed by atoms with Crippen LogP contribution < -0.4 is 16.0 Å². The first-order valence-corrected chi connectivity index (χ1v) is 11.0. The van der Waals surface area contributed by atoms with Crippen LogP contribution in [0.5, 0.6) is 0 Å². The topological polar surface area (TPSA) is 97.3 Å². The smallest absolute Gasteiger partial charge is 0.319 e. The van der Waals surface area contributed by atoms with Crippen molar-refractivity contribution in [1.82, 2.24) is 15.5 Å². The van der Waals surface area contributed by atoms with Gasteiger partial charge in [-0.05, 0) is 55.4 Å². The van der Waals surface area contributed by atoms with Crippen LogP contribution in [0.15, 0.2) is 42.5 Å². The van der Waals surface area contributed by atoms with Crippen LogP contribution in [0.4, 0.5) is 10.5 Å². The van der Waals surface area contributed by atoms with Gasteiger partial charge in [0.25, 0.3) is 5.91 Å². The second kappa shape index (κ2) is 9.42. The molecule has 1 aliphatic heterocycles. The maximum absolute atomic E-state index is 12.9. The summed E-state index contributed by atoms with van der Waals surface area (Å²) in [6.45, 7) is 10.7. The quantitative estimate of drug-likeness (QED) is 0.522. The van der Waals surface area contributed by atoms with Crippen LogP contribution in [0, 0.1) is 25.2 Å². The number of urea groups is 1. The Hall–Kier alpha value is -3.35. The molecule has 1 heterocycles. The lowest BCUT2D eigenvalue weighted by Gasteiger charge is -2.24. The molecule has 2 aromatic carbocycles. The Labute approximate surface area is 190 Å². The SMILES string of the molecule is Cc1cccc(C)c1NC(=O)NCc1ccc(CN2C(=N)NC(C)(CC(C)C)C2=O)cc1. The number of anilines is 1. The number of nitrogens with zero attached hydrogens (tertiary/aromatic N) is 1. The van der Waals surface area contributed by atoms with E-state index < -0.39 is 5.54 Å². The number of guanidine groups is 1. The van der Waals surface area contributed by atoms with E-state index in [1.807, 2.05) is 63.2 Å². The fourth-order valence-corrected chi connectivity index (χ4v) is 4.18. The average Bonchev–Trinajstić information content (AvgIpc) is 2.92. The molecule has 7 nitrogen and oxygen atoms in total. The van der Waals surface area contributed by atoms with Crippen LogP contribution >= 0.6 is 0 Å². The second-order valence-corrected chi connectivity index (χ2v) is 9.19. The standard InChI is InChI=1S/C25H33N5O2/c1-16(2)13-25(5)22(31)30(23(26)29-25)15-20-11-9-19(10-12-20)14-27-24(32)28-21-17(3)7-6-8-18(21)4/h6-12,16H,13-15H2,1-5H3,(H2,26,29)(H2,27,28,32). The molecule has 1 atom stereocenters. The maximum atomic E-state index is 12.9. The largest absolute Gasteiger partial charge is 0.342 e. The van der Waals surface area contributed by atoms with Crippen molar-refractivity contribution in [2.24, 2.45) is 5.92 Å². The zero-order valence-corrected chi connectivity index (χ0v) is 19.5. The van der Waals surface area contributed by atoms with Gasteiger partial charge < -0.3 is 16.0 Å². The van der Waals surface area contributed by atoms with Gasteiger partial charge in [-0.2, -0.15) is 0 Å². The number of carbonyl (C=O) groups excluding carboxylic acids is 2. The number of rotatable bonds is 7. The van der Waals surface area contributed by atoms with Crippen molar-refractivity contribution in [3.8, 4) is 0 Å². The summed E-state index contributed by atoms with van der Waals surface area (Å²) in [5.74, 6) is 0.431. The van der Waals surface area contributed by atoms with Crippen molar-refractivity contribution < 1.29 is 9.59 Å². The molecule has 2 aromatic rings. The molecule has 32 heavy (non-hydrogen) atoms. The highest BCUT2D eigenvalue weighted by Gasteiger charge is 2.45. The molecule has 3 amide bonds. The Kier molecular flexibility index (Phi) is 6.87. The predicted molar refractivity (Wildman–Crippen MR) is 127 cm³/mol. The van der Waals surface area contributed by atoms with Gasteiger partial charge in [-0.15, -0.1) is 0 Å². The Bertz CT molecular complexity index is 995. The normalized spacial score (nSPS) is 18.1. The summed E-state index contributed by atoms with van der Waals surface area (Å²) in [7, 11) is 0. The summed E-state index contributed by atoms with van der Waals surface area (Å²) in [5.41, 5.74) is 4.03. The van der Waals surface area contributed by atoms with Gasteiger partial charge >= 0.3 is 6.03 Å². The minimum atomic E-state index is -0.724. The number of nitrogens with one attached hydrogen (secondary N) is 4. The van der Waals surface area contributed by atoms with E-state index in [0.717, 1.165) is 27.9 Å². The summed E-state index contributed by atoms with van der Waals surface area (Å²) in [6, 6.07) is 13.4. The minimum absolute atomic E-state index is 0.0647. The van der Waals surface area contributed by atoms with Gasteiger partial charge in [0.15, 0.2) is 5.96 Å². The van der Waals surface area contributed by atoms with Crippen molar-refractivity contribution in [1.29, 1.82) is 5.41 Å². The summed E-state index contributed by atoms with van der Waals surface area (Å²) >= 11 is 0. The molecule has 0 spiro atoms. The highest BCUT2D eigenvalue weighted by molar-refractivity contribution is 6.07. The lowest BCUT2D eigenvalue weighted by molar-refractivity contribution is -0.131. The Morgan fingerprint density at radius 3 is 2.28 bits per heavy atom. The Balaban J connectivity index is 1.56. The van der Waals surface area contributed by atoms with Crippen LogP contribution in [0.1, 0.15) is 49.4 Å². The molecular weight excluding hydrogens is 402 g/mol. The van der Waals surface area contributed by atoms with E-state index in [1.54, 1.807) is 0 Å². The van der Waals surface area contributed by atoms with Crippen LogP contribution in [0.3, 0.4) is 0 Å². The van der Waals surface area contributed by atoms with Crippen LogP contribution in [0.25, 0.3) is 0 Å². The zero-order valence-electron chi connectivity index (χ0n) is 19.5. The van der Waals surface area contributed by atoms with E-state index in [-0.39, 0.29) is 17.9 Å². The number of aryl methyl sites for hydroxylation is 2. The molecule has 170 valence electrons.